The van der Waals surface area contributed by atoms with Gasteiger partial charge in [-0.1, -0.05) is 32.4 Å². The highest BCUT2D eigenvalue weighted by molar-refractivity contribution is 6.30. The monoisotopic (exact) mass is 226 g/mol. The minimum atomic E-state index is 0.601. The van der Waals surface area contributed by atoms with Crippen LogP contribution in [-0.4, -0.2) is 9.97 Å². The molecule has 1 aromatic heterocycles. The van der Waals surface area contributed by atoms with Crippen LogP contribution in [0.3, 0.4) is 0 Å². The minimum Gasteiger partial charge on any atom is -0.238 e. The molecule has 0 aliphatic carbocycles. The lowest BCUT2D eigenvalue weighted by Gasteiger charge is -2.10. The Morgan fingerprint density at radius 3 is 2.47 bits per heavy atom. The quantitative estimate of drug-likeness (QED) is 0.734. The van der Waals surface area contributed by atoms with Crippen molar-refractivity contribution in [2.45, 2.75) is 47.0 Å². The van der Waals surface area contributed by atoms with Gasteiger partial charge in [-0.3, -0.25) is 0 Å². The van der Waals surface area contributed by atoms with Crippen LogP contribution in [0.25, 0.3) is 0 Å². The van der Waals surface area contributed by atoms with Crippen molar-refractivity contribution in [3.8, 4) is 0 Å². The molecule has 0 spiro atoms. The summed E-state index contributed by atoms with van der Waals surface area (Å²) in [7, 11) is 0. The summed E-state index contributed by atoms with van der Waals surface area (Å²) in [5, 5.41) is 0.615. The Morgan fingerprint density at radius 1 is 1.27 bits per heavy atom. The van der Waals surface area contributed by atoms with E-state index >= 15 is 0 Å². The van der Waals surface area contributed by atoms with E-state index in [4.69, 9.17) is 11.6 Å². The molecule has 2 nitrogen and oxygen atoms in total. The average Bonchev–Trinajstić information content (AvgIpc) is 2.13. The van der Waals surface area contributed by atoms with E-state index in [0.29, 0.717) is 11.1 Å². The van der Waals surface area contributed by atoms with Gasteiger partial charge in [0.1, 0.15) is 11.0 Å². The first-order valence-corrected chi connectivity index (χ1v) is 5.94. The fourth-order valence-corrected chi connectivity index (χ4v) is 1.71. The van der Waals surface area contributed by atoms with Crippen molar-refractivity contribution in [1.29, 1.82) is 0 Å². The number of aryl methyl sites for hydroxylation is 1. The molecule has 0 fully saturated rings. The predicted octanol–water partition coefficient (Wildman–Crippen LogP) is 3.59. The zero-order valence-electron chi connectivity index (χ0n) is 9.97. The molecule has 3 heteroatoms. The fraction of sp³-hybridized carbons (Fsp3) is 0.667. The molecule has 15 heavy (non-hydrogen) atoms. The molecule has 0 saturated carbocycles. The number of halogens is 1. The van der Waals surface area contributed by atoms with Crippen molar-refractivity contribution < 1.29 is 0 Å². The van der Waals surface area contributed by atoms with Gasteiger partial charge in [-0.2, -0.15) is 0 Å². The molecule has 84 valence electrons. The number of hydrogen-bond donors (Lipinski definition) is 0. The van der Waals surface area contributed by atoms with Gasteiger partial charge in [0.05, 0.1) is 0 Å². The molecule has 0 unspecified atom stereocenters. The van der Waals surface area contributed by atoms with Crippen LogP contribution < -0.4 is 0 Å². The molecule has 0 aliphatic rings. The molecule has 0 N–H and O–H groups in total. The van der Waals surface area contributed by atoms with Crippen LogP contribution in [-0.2, 0) is 12.8 Å². The molecule has 1 heterocycles. The predicted molar refractivity (Wildman–Crippen MR) is 64.3 cm³/mol. The van der Waals surface area contributed by atoms with Crippen LogP contribution in [0, 0.1) is 12.8 Å². The summed E-state index contributed by atoms with van der Waals surface area (Å²) in [6.07, 6.45) is 2.94. The summed E-state index contributed by atoms with van der Waals surface area (Å²) in [5.74, 6) is 1.48. The Morgan fingerprint density at radius 2 is 1.93 bits per heavy atom. The largest absolute Gasteiger partial charge is 0.238 e. The van der Waals surface area contributed by atoms with E-state index in [1.165, 1.54) is 0 Å². The number of nitrogens with zero attached hydrogens (tertiary/aromatic N) is 2. The summed E-state index contributed by atoms with van der Waals surface area (Å²) >= 11 is 6.09. The summed E-state index contributed by atoms with van der Waals surface area (Å²) in [4.78, 5) is 8.85. The van der Waals surface area contributed by atoms with Gasteiger partial charge in [0.2, 0.25) is 0 Å². The molecular weight excluding hydrogens is 208 g/mol. The van der Waals surface area contributed by atoms with Crippen molar-refractivity contribution in [2.24, 2.45) is 5.92 Å². The Kier molecular flexibility index (Phi) is 4.52. The van der Waals surface area contributed by atoms with Gasteiger partial charge in [0.25, 0.3) is 0 Å². The normalized spacial score (nSPS) is 11.1. The van der Waals surface area contributed by atoms with E-state index in [1.807, 2.05) is 6.92 Å². The Labute approximate surface area is 97.1 Å². The van der Waals surface area contributed by atoms with Gasteiger partial charge in [-0.25, -0.2) is 9.97 Å². The minimum absolute atomic E-state index is 0.601. The summed E-state index contributed by atoms with van der Waals surface area (Å²) < 4.78 is 0. The van der Waals surface area contributed by atoms with Crippen molar-refractivity contribution in [3.05, 3.63) is 22.2 Å². The lowest BCUT2D eigenvalue weighted by atomic mass is 10.0. The molecule has 0 saturated heterocycles. The molecule has 1 rings (SSSR count). The van der Waals surface area contributed by atoms with E-state index < -0.39 is 0 Å². The van der Waals surface area contributed by atoms with Gasteiger partial charge in [0, 0.05) is 17.7 Å². The topological polar surface area (TPSA) is 25.8 Å². The first-order valence-electron chi connectivity index (χ1n) is 5.56. The van der Waals surface area contributed by atoms with Gasteiger partial charge >= 0.3 is 0 Å². The first kappa shape index (κ1) is 12.4. The van der Waals surface area contributed by atoms with Crippen molar-refractivity contribution in [1.82, 2.24) is 9.97 Å². The van der Waals surface area contributed by atoms with E-state index in [1.54, 1.807) is 0 Å². The molecule has 0 radical (unpaired) electrons. The molecule has 0 bridgehead atoms. The second-order valence-electron chi connectivity index (χ2n) is 4.35. The second-order valence-corrected chi connectivity index (χ2v) is 4.71. The highest BCUT2D eigenvalue weighted by atomic mass is 35.5. The lowest BCUT2D eigenvalue weighted by molar-refractivity contribution is 0.625. The Hall–Kier alpha value is -0.630. The molecular formula is C12H19ClN2. The van der Waals surface area contributed by atoms with Gasteiger partial charge in [-0.15, -0.1) is 0 Å². The van der Waals surface area contributed by atoms with Crippen LogP contribution in [0.2, 0.25) is 5.15 Å². The molecule has 1 aromatic rings. The standard InChI is InChI=1S/C12H19ClN2/c1-5-6-11-14-10(7-8(2)3)9(4)12(13)15-11/h8H,5-7H2,1-4H3. The molecule has 0 amide bonds. The zero-order chi connectivity index (χ0) is 11.4. The fourth-order valence-electron chi connectivity index (χ4n) is 1.50. The van der Waals surface area contributed by atoms with E-state index in [-0.39, 0.29) is 0 Å². The summed E-state index contributed by atoms with van der Waals surface area (Å²) in [6.45, 7) is 8.50. The average molecular weight is 227 g/mol. The molecule has 0 atom stereocenters. The molecule has 0 aromatic carbocycles. The summed E-state index contributed by atoms with van der Waals surface area (Å²) in [5.41, 5.74) is 2.14. The van der Waals surface area contributed by atoms with Crippen LogP contribution in [0.1, 0.15) is 44.3 Å². The third kappa shape index (κ3) is 3.45. The Bertz CT molecular complexity index is 335. The SMILES string of the molecule is CCCc1nc(Cl)c(C)c(CC(C)C)n1. The van der Waals surface area contributed by atoms with Crippen LogP contribution >= 0.6 is 11.6 Å². The second kappa shape index (κ2) is 5.45. The highest BCUT2D eigenvalue weighted by Crippen LogP contribution is 2.18. The van der Waals surface area contributed by atoms with Gasteiger partial charge in [0.15, 0.2) is 0 Å². The maximum absolute atomic E-state index is 6.09. The lowest BCUT2D eigenvalue weighted by Crippen LogP contribution is -2.06. The Balaban J connectivity index is 3.01. The third-order valence-electron chi connectivity index (χ3n) is 2.31. The number of rotatable bonds is 4. The number of hydrogen-bond acceptors (Lipinski definition) is 2. The van der Waals surface area contributed by atoms with E-state index in [9.17, 15) is 0 Å². The van der Waals surface area contributed by atoms with Crippen molar-refractivity contribution in [2.75, 3.05) is 0 Å². The van der Waals surface area contributed by atoms with Crippen molar-refractivity contribution in [3.63, 3.8) is 0 Å². The first-order chi connectivity index (χ1) is 7.04. The zero-order valence-corrected chi connectivity index (χ0v) is 10.7. The van der Waals surface area contributed by atoms with Crippen molar-refractivity contribution >= 4 is 11.6 Å². The third-order valence-corrected chi connectivity index (χ3v) is 2.68. The van der Waals surface area contributed by atoms with Crippen LogP contribution in [0.4, 0.5) is 0 Å². The smallest absolute Gasteiger partial charge is 0.135 e. The van der Waals surface area contributed by atoms with Crippen LogP contribution in [0.5, 0.6) is 0 Å². The van der Waals surface area contributed by atoms with Crippen LogP contribution in [0.15, 0.2) is 0 Å². The molecule has 0 aliphatic heterocycles. The van der Waals surface area contributed by atoms with Gasteiger partial charge < -0.3 is 0 Å². The summed E-state index contributed by atoms with van der Waals surface area (Å²) in [6, 6.07) is 0. The maximum Gasteiger partial charge on any atom is 0.135 e. The van der Waals surface area contributed by atoms with E-state index in [0.717, 1.165) is 36.3 Å². The van der Waals surface area contributed by atoms with Gasteiger partial charge in [-0.05, 0) is 25.7 Å². The number of aromatic nitrogens is 2. The van der Waals surface area contributed by atoms with E-state index in [2.05, 4.69) is 30.7 Å². The highest BCUT2D eigenvalue weighted by Gasteiger charge is 2.10. The maximum atomic E-state index is 6.09.